The first-order valence-corrected chi connectivity index (χ1v) is 7.58. The lowest BCUT2D eigenvalue weighted by Gasteiger charge is -2.23. The molecule has 20 heavy (non-hydrogen) atoms. The number of benzene rings is 1. The highest BCUT2D eigenvalue weighted by Gasteiger charge is 2.36. The van der Waals surface area contributed by atoms with Crippen LogP contribution < -0.4 is 5.73 Å². The number of hydrogen-bond donors (Lipinski definition) is 1. The predicted octanol–water partition coefficient (Wildman–Crippen LogP) is 2.48. The number of carbonyl (C=O) groups is 1. The molecule has 3 nitrogen and oxygen atoms in total. The van der Waals surface area contributed by atoms with E-state index in [2.05, 4.69) is 38.1 Å². The van der Waals surface area contributed by atoms with E-state index in [4.69, 9.17) is 5.73 Å². The number of nitrogens with zero attached hydrogens (tertiary/aromatic N) is 1. The zero-order chi connectivity index (χ0) is 14.7. The van der Waals surface area contributed by atoms with E-state index in [1.807, 2.05) is 17.9 Å². The molecule has 2 N–H and O–H groups in total. The van der Waals surface area contributed by atoms with Crippen molar-refractivity contribution in [3.8, 4) is 0 Å². The first-order chi connectivity index (χ1) is 9.54. The Kier molecular flexibility index (Phi) is 4.81. The van der Waals surface area contributed by atoms with Gasteiger partial charge in [-0.1, -0.05) is 51.1 Å². The summed E-state index contributed by atoms with van der Waals surface area (Å²) in [7, 11) is 0. The lowest BCUT2D eigenvalue weighted by molar-refractivity contribution is -0.135. The van der Waals surface area contributed by atoms with Crippen LogP contribution in [-0.4, -0.2) is 30.4 Å². The van der Waals surface area contributed by atoms with Crippen molar-refractivity contribution >= 4 is 5.91 Å². The fraction of sp³-hybridized carbons (Fsp3) is 0.588. The number of rotatable bonds is 4. The molecule has 0 saturated carbocycles. The van der Waals surface area contributed by atoms with Crippen molar-refractivity contribution in [3.05, 3.63) is 35.9 Å². The van der Waals surface area contributed by atoms with E-state index in [9.17, 15) is 4.79 Å². The summed E-state index contributed by atoms with van der Waals surface area (Å²) in [6.07, 6.45) is 0. The van der Waals surface area contributed by atoms with Crippen molar-refractivity contribution in [3.63, 3.8) is 0 Å². The van der Waals surface area contributed by atoms with Gasteiger partial charge in [-0.15, -0.1) is 0 Å². The average Bonchev–Trinajstić information content (AvgIpc) is 2.90. The van der Waals surface area contributed by atoms with Gasteiger partial charge in [0.25, 0.3) is 0 Å². The molecule has 0 bridgehead atoms. The van der Waals surface area contributed by atoms with Crippen LogP contribution in [0.1, 0.15) is 32.3 Å². The van der Waals surface area contributed by atoms with Crippen molar-refractivity contribution in [1.82, 2.24) is 4.90 Å². The molecule has 1 aromatic carbocycles. The monoisotopic (exact) mass is 274 g/mol. The normalized spacial score (nSPS) is 24.1. The topological polar surface area (TPSA) is 46.3 Å². The van der Waals surface area contributed by atoms with E-state index in [0.717, 1.165) is 13.1 Å². The van der Waals surface area contributed by atoms with E-state index in [1.54, 1.807) is 0 Å². The Bertz CT molecular complexity index is 444. The highest BCUT2D eigenvalue weighted by atomic mass is 16.2. The first kappa shape index (κ1) is 15.0. The van der Waals surface area contributed by atoms with Crippen molar-refractivity contribution in [1.29, 1.82) is 0 Å². The Morgan fingerprint density at radius 3 is 2.45 bits per heavy atom. The molecule has 2 rings (SSSR count). The van der Waals surface area contributed by atoms with Gasteiger partial charge in [0, 0.05) is 24.9 Å². The maximum atomic E-state index is 12.5. The summed E-state index contributed by atoms with van der Waals surface area (Å²) in [5, 5.41) is 0. The second-order valence-corrected chi connectivity index (χ2v) is 6.29. The van der Waals surface area contributed by atoms with E-state index in [1.165, 1.54) is 5.56 Å². The zero-order valence-corrected chi connectivity index (χ0v) is 12.8. The lowest BCUT2D eigenvalue weighted by atomic mass is 9.89. The molecule has 1 amide bonds. The van der Waals surface area contributed by atoms with E-state index in [-0.39, 0.29) is 11.8 Å². The maximum Gasteiger partial charge on any atom is 0.225 e. The molecule has 3 heteroatoms. The largest absolute Gasteiger partial charge is 0.341 e. The number of hydrogen-bond acceptors (Lipinski definition) is 2. The molecule has 3 atom stereocenters. The van der Waals surface area contributed by atoms with E-state index < -0.39 is 0 Å². The van der Waals surface area contributed by atoms with Crippen molar-refractivity contribution in [2.45, 2.75) is 26.7 Å². The maximum absolute atomic E-state index is 12.5. The quantitative estimate of drug-likeness (QED) is 0.917. The fourth-order valence-corrected chi connectivity index (χ4v) is 2.94. The summed E-state index contributed by atoms with van der Waals surface area (Å²) in [4.78, 5) is 14.5. The van der Waals surface area contributed by atoms with Crippen molar-refractivity contribution in [2.75, 3.05) is 19.6 Å². The molecule has 1 aliphatic rings. The number of carbonyl (C=O) groups excluding carboxylic acids is 1. The van der Waals surface area contributed by atoms with Gasteiger partial charge in [-0.2, -0.15) is 0 Å². The highest BCUT2D eigenvalue weighted by Crippen LogP contribution is 2.33. The smallest absolute Gasteiger partial charge is 0.225 e. The predicted molar refractivity (Wildman–Crippen MR) is 82.3 cm³/mol. The molecule has 1 heterocycles. The Labute approximate surface area is 122 Å². The highest BCUT2D eigenvalue weighted by molar-refractivity contribution is 5.79. The Morgan fingerprint density at radius 1 is 1.25 bits per heavy atom. The second kappa shape index (κ2) is 6.40. The van der Waals surface area contributed by atoms with Crippen LogP contribution in [0.25, 0.3) is 0 Å². The van der Waals surface area contributed by atoms with Crippen LogP contribution in [0.15, 0.2) is 30.3 Å². The standard InChI is InChI=1S/C17H26N2O/c1-12(2)13(3)17(20)19-10-15(9-18)16(11-19)14-7-5-4-6-8-14/h4-8,12-13,15-16H,9-11,18H2,1-3H3/t13?,15-,16+/m1/s1. The molecule has 1 saturated heterocycles. The molecule has 0 aliphatic carbocycles. The molecule has 1 unspecified atom stereocenters. The van der Waals surface area contributed by atoms with Crippen LogP contribution in [0.2, 0.25) is 0 Å². The molecule has 1 aromatic rings. The molecule has 1 fully saturated rings. The third-order valence-corrected chi connectivity index (χ3v) is 4.67. The summed E-state index contributed by atoms with van der Waals surface area (Å²) >= 11 is 0. The van der Waals surface area contributed by atoms with Crippen LogP contribution in [0.5, 0.6) is 0 Å². The summed E-state index contributed by atoms with van der Waals surface area (Å²) in [5.74, 6) is 1.50. The van der Waals surface area contributed by atoms with Gasteiger partial charge in [0.1, 0.15) is 0 Å². The van der Waals surface area contributed by atoms with Crippen LogP contribution in [0.4, 0.5) is 0 Å². The summed E-state index contributed by atoms with van der Waals surface area (Å²) in [6.45, 7) is 8.48. The summed E-state index contributed by atoms with van der Waals surface area (Å²) < 4.78 is 0. The average molecular weight is 274 g/mol. The molecule has 0 spiro atoms. The molecule has 0 aromatic heterocycles. The van der Waals surface area contributed by atoms with Gasteiger partial charge < -0.3 is 10.6 Å². The zero-order valence-electron chi connectivity index (χ0n) is 12.8. The third kappa shape index (κ3) is 3.04. The first-order valence-electron chi connectivity index (χ1n) is 7.58. The van der Waals surface area contributed by atoms with Crippen LogP contribution in [0.3, 0.4) is 0 Å². The molecular formula is C17H26N2O. The van der Waals surface area contributed by atoms with Gasteiger partial charge in [0.05, 0.1) is 0 Å². The van der Waals surface area contributed by atoms with Crippen LogP contribution >= 0.6 is 0 Å². The second-order valence-electron chi connectivity index (χ2n) is 6.29. The Hall–Kier alpha value is -1.35. The van der Waals surface area contributed by atoms with E-state index >= 15 is 0 Å². The van der Waals surface area contributed by atoms with Crippen LogP contribution in [-0.2, 0) is 4.79 Å². The summed E-state index contributed by atoms with van der Waals surface area (Å²) in [6, 6.07) is 10.4. The fourth-order valence-electron chi connectivity index (χ4n) is 2.94. The molecule has 1 aliphatic heterocycles. The molecule has 110 valence electrons. The lowest BCUT2D eigenvalue weighted by Crippen LogP contribution is -2.35. The van der Waals surface area contributed by atoms with Crippen molar-refractivity contribution < 1.29 is 4.79 Å². The minimum Gasteiger partial charge on any atom is -0.341 e. The minimum atomic E-state index is 0.0861. The Morgan fingerprint density at radius 2 is 1.90 bits per heavy atom. The Balaban J connectivity index is 2.12. The van der Waals surface area contributed by atoms with Gasteiger partial charge in [-0.05, 0) is 23.9 Å². The number of nitrogens with two attached hydrogens (primary N) is 1. The van der Waals surface area contributed by atoms with Crippen molar-refractivity contribution in [2.24, 2.45) is 23.5 Å². The van der Waals surface area contributed by atoms with Gasteiger partial charge >= 0.3 is 0 Å². The SMILES string of the molecule is CC(C)C(C)C(=O)N1C[C@@H](CN)[C@H](c2ccccc2)C1. The molecular weight excluding hydrogens is 248 g/mol. The van der Waals surface area contributed by atoms with E-state index in [0.29, 0.717) is 24.3 Å². The third-order valence-electron chi connectivity index (χ3n) is 4.67. The summed E-state index contributed by atoms with van der Waals surface area (Å²) in [5.41, 5.74) is 7.22. The minimum absolute atomic E-state index is 0.0861. The van der Waals surface area contributed by atoms with Gasteiger partial charge in [0.2, 0.25) is 5.91 Å². The molecule has 0 radical (unpaired) electrons. The van der Waals surface area contributed by atoms with Crippen LogP contribution in [0, 0.1) is 17.8 Å². The number of amides is 1. The number of likely N-dealkylation sites (tertiary alicyclic amines) is 1. The van der Waals surface area contributed by atoms with Gasteiger partial charge in [-0.3, -0.25) is 4.79 Å². The van der Waals surface area contributed by atoms with Gasteiger partial charge in [0.15, 0.2) is 0 Å². The van der Waals surface area contributed by atoms with Gasteiger partial charge in [-0.25, -0.2) is 0 Å².